The third-order valence-electron chi connectivity index (χ3n) is 12.0. The average molecular weight is 1110 g/mol. The van der Waals surface area contributed by atoms with E-state index < -0.39 is 164 Å². The second kappa shape index (κ2) is 37.6. The zero-order chi connectivity index (χ0) is 58.9. The number of carbonyl (C=O) groups is 12. The van der Waals surface area contributed by atoms with Crippen molar-refractivity contribution in [1.82, 2.24) is 52.7 Å². The number of piperidine rings is 1. The van der Waals surface area contributed by atoms with Gasteiger partial charge in [0, 0.05) is 32.9 Å². The Morgan fingerprint density at radius 2 is 1.22 bits per heavy atom. The highest BCUT2D eigenvalue weighted by Crippen LogP contribution is 2.12. The summed E-state index contributed by atoms with van der Waals surface area (Å²) >= 11 is 0. The molecule has 0 aromatic heterocycles. The Hall–Kier alpha value is -7.12. The standard InChI is InChI=1S/C48H79N11O19/c1-4-6-7-8-9-10-11-12-13-14-15-20-37(65)57-38(39(66)48(75)76)46(73)56-35(27-62)44(71)52-31(21-22-36(49)64)42(69)55-33(25-60)43(70)51-30(18-16-23-58(77)28(3)63)41(68)50-29(5-2)40(67)54-34(26-61)45(72)53-32-19-17-24-59(78)47(32)74/h5,10-11,30-35,38-39,60-62,66,77-78H,4,6-9,12-27H2,1-3H3,(H2,49,64)(H,50,68)(H,51,70)(H,52,71)(H,53,72)(H,54,67)(H,55,69)(H,56,73)(H,57,65)(H,75,76). The van der Waals surface area contributed by atoms with Crippen molar-refractivity contribution in [3.63, 3.8) is 0 Å². The van der Waals surface area contributed by atoms with E-state index in [2.05, 4.69) is 50.2 Å². The number of aliphatic hydroxyl groups excluding tert-OH is 4. The number of hydroxylamine groups is 4. The third-order valence-corrected chi connectivity index (χ3v) is 12.0. The summed E-state index contributed by atoms with van der Waals surface area (Å²) in [5.74, 6) is -14.0. The van der Waals surface area contributed by atoms with E-state index in [0.29, 0.717) is 29.4 Å². The summed E-state index contributed by atoms with van der Waals surface area (Å²) in [6.45, 7) is 0.667. The smallest absolute Gasteiger partial charge is 0.335 e. The number of unbranched alkanes of at least 4 members (excludes halogenated alkanes) is 7. The quantitative estimate of drug-likeness (QED) is 0.00912. The van der Waals surface area contributed by atoms with Crippen LogP contribution in [0.25, 0.3) is 0 Å². The monoisotopic (exact) mass is 1110 g/mol. The summed E-state index contributed by atoms with van der Waals surface area (Å²) in [7, 11) is 0. The van der Waals surface area contributed by atoms with Crippen LogP contribution in [-0.2, 0) is 57.5 Å². The minimum atomic E-state index is -2.53. The number of primary amides is 1. The van der Waals surface area contributed by atoms with Gasteiger partial charge < -0.3 is 73.8 Å². The number of nitrogens with one attached hydrogen (secondary N) is 8. The van der Waals surface area contributed by atoms with Crippen molar-refractivity contribution in [2.24, 2.45) is 5.73 Å². The molecule has 0 aliphatic carbocycles. The average Bonchev–Trinajstić information content (AvgIpc) is 3.40. The number of allylic oxidation sites excluding steroid dienone is 3. The molecule has 1 fully saturated rings. The molecular weight excluding hydrogens is 1030 g/mol. The van der Waals surface area contributed by atoms with E-state index in [-0.39, 0.29) is 32.4 Å². The second-order valence-electron chi connectivity index (χ2n) is 18.2. The molecule has 0 bridgehead atoms. The number of carboxylic acid groups (broad SMARTS) is 1. The number of aliphatic hydroxyl groups is 4. The molecule has 1 saturated heterocycles. The van der Waals surface area contributed by atoms with Gasteiger partial charge in [-0.1, -0.05) is 50.8 Å². The Kier molecular flexibility index (Phi) is 33.2. The van der Waals surface area contributed by atoms with Crippen LogP contribution >= 0.6 is 0 Å². The van der Waals surface area contributed by atoms with E-state index in [4.69, 9.17) is 5.73 Å². The highest BCUT2D eigenvalue weighted by atomic mass is 16.5. The maximum absolute atomic E-state index is 13.7. The van der Waals surface area contributed by atoms with Gasteiger partial charge in [-0.3, -0.25) is 63.2 Å². The first kappa shape index (κ1) is 68.9. The summed E-state index contributed by atoms with van der Waals surface area (Å²) in [5, 5.41) is 87.7. The van der Waals surface area contributed by atoms with Gasteiger partial charge in [0.15, 0.2) is 6.10 Å². The van der Waals surface area contributed by atoms with Crippen LogP contribution in [0.4, 0.5) is 0 Å². The molecule has 30 nitrogen and oxygen atoms in total. The Morgan fingerprint density at radius 1 is 0.692 bits per heavy atom. The molecule has 17 N–H and O–H groups in total. The first-order chi connectivity index (χ1) is 37.0. The molecule has 0 spiro atoms. The first-order valence-electron chi connectivity index (χ1n) is 25.7. The zero-order valence-corrected chi connectivity index (χ0v) is 44.2. The number of rotatable bonds is 38. The predicted molar refractivity (Wildman–Crippen MR) is 271 cm³/mol. The van der Waals surface area contributed by atoms with Crippen LogP contribution in [0.15, 0.2) is 23.9 Å². The number of carbonyl (C=O) groups excluding carboxylic acids is 11. The third kappa shape index (κ3) is 25.8. The number of amides is 11. The molecule has 0 aromatic carbocycles. The summed E-state index contributed by atoms with van der Waals surface area (Å²) < 4.78 is 0. The van der Waals surface area contributed by atoms with Gasteiger partial charge >= 0.3 is 5.97 Å². The Bertz CT molecular complexity index is 2110. The summed E-state index contributed by atoms with van der Waals surface area (Å²) in [5.41, 5.74) is 4.72. The molecule has 8 unspecified atom stereocenters. The number of carboxylic acids is 1. The van der Waals surface area contributed by atoms with Crippen LogP contribution in [0.3, 0.4) is 0 Å². The van der Waals surface area contributed by atoms with Crippen molar-refractivity contribution in [3.8, 4) is 0 Å². The number of hydrogen-bond donors (Lipinski definition) is 16. The van der Waals surface area contributed by atoms with Gasteiger partial charge in [-0.15, -0.1) is 0 Å². The van der Waals surface area contributed by atoms with Crippen LogP contribution in [0.2, 0.25) is 0 Å². The van der Waals surface area contributed by atoms with Crippen molar-refractivity contribution in [1.29, 1.82) is 0 Å². The molecular formula is C48H79N11O19. The maximum Gasteiger partial charge on any atom is 0.335 e. The highest BCUT2D eigenvalue weighted by Gasteiger charge is 2.38. The fraction of sp³-hybridized carbons (Fsp3) is 0.667. The predicted octanol–water partition coefficient (Wildman–Crippen LogP) is -4.41. The van der Waals surface area contributed by atoms with Crippen LogP contribution in [0.1, 0.15) is 124 Å². The van der Waals surface area contributed by atoms with Crippen molar-refractivity contribution >= 4 is 70.9 Å². The van der Waals surface area contributed by atoms with E-state index in [1.54, 1.807) is 0 Å². The molecule has 0 radical (unpaired) electrons. The zero-order valence-electron chi connectivity index (χ0n) is 44.2. The molecule has 78 heavy (non-hydrogen) atoms. The van der Waals surface area contributed by atoms with Crippen LogP contribution < -0.4 is 48.3 Å². The molecule has 11 amide bonds. The normalized spacial score (nSPS) is 16.2. The molecule has 8 atom stereocenters. The molecule has 0 saturated carbocycles. The van der Waals surface area contributed by atoms with E-state index >= 15 is 0 Å². The largest absolute Gasteiger partial charge is 0.479 e. The van der Waals surface area contributed by atoms with Crippen LogP contribution in [0.5, 0.6) is 0 Å². The molecule has 1 heterocycles. The molecule has 1 aliphatic heterocycles. The number of nitrogens with zero attached hydrogens (tertiary/aromatic N) is 2. The van der Waals surface area contributed by atoms with Gasteiger partial charge in [0.25, 0.3) is 11.8 Å². The topological polar surface area (TPSA) is 475 Å². The van der Waals surface area contributed by atoms with E-state index in [0.717, 1.165) is 51.5 Å². The lowest BCUT2D eigenvalue weighted by Gasteiger charge is -2.29. The van der Waals surface area contributed by atoms with Crippen molar-refractivity contribution in [3.05, 3.63) is 23.9 Å². The van der Waals surface area contributed by atoms with Gasteiger partial charge in [0.2, 0.25) is 53.2 Å². The molecule has 0 aromatic rings. The Balaban J connectivity index is 3.19. The lowest BCUT2D eigenvalue weighted by atomic mass is 10.1. The number of aliphatic carboxylic acids is 1. The minimum Gasteiger partial charge on any atom is -0.479 e. The second-order valence-corrected chi connectivity index (χ2v) is 18.2. The van der Waals surface area contributed by atoms with Gasteiger partial charge in [0.05, 0.1) is 19.8 Å². The van der Waals surface area contributed by atoms with Gasteiger partial charge in [-0.05, 0) is 71.1 Å². The van der Waals surface area contributed by atoms with Crippen molar-refractivity contribution < 1.29 is 93.5 Å². The summed E-state index contributed by atoms with van der Waals surface area (Å²) in [6.07, 6.45) is 9.18. The fourth-order valence-corrected chi connectivity index (χ4v) is 7.39. The van der Waals surface area contributed by atoms with E-state index in [9.17, 15) is 93.5 Å². The highest BCUT2D eigenvalue weighted by molar-refractivity contribution is 6.02. The lowest BCUT2D eigenvalue weighted by Crippen LogP contribution is -2.62. The SMILES string of the molecule is CC=C(NC(=O)C(CCCN(O)C(C)=O)NC(=O)C(CO)NC(=O)C(CCC(N)=O)NC(=O)C(CO)NC(=O)C(NC(=O)CCCCCC=CCCCCCC)C(O)C(=O)O)C(=O)NC(CO)C(=O)NC1CCCN(O)C1=O. The Labute approximate surface area is 450 Å². The van der Waals surface area contributed by atoms with Gasteiger partial charge in [-0.2, -0.15) is 0 Å². The first-order valence-corrected chi connectivity index (χ1v) is 25.7. The molecule has 440 valence electrons. The Morgan fingerprint density at radius 3 is 1.74 bits per heavy atom. The minimum absolute atomic E-state index is 0.0224. The summed E-state index contributed by atoms with van der Waals surface area (Å²) in [6, 6.07) is -12.5. The fourth-order valence-electron chi connectivity index (χ4n) is 7.39. The number of nitrogens with two attached hydrogens (primary N) is 1. The van der Waals surface area contributed by atoms with E-state index in [1.807, 2.05) is 11.4 Å². The summed E-state index contributed by atoms with van der Waals surface area (Å²) in [4.78, 5) is 154. The van der Waals surface area contributed by atoms with Crippen LogP contribution in [-0.4, -0.2) is 198 Å². The molecule has 1 aliphatic rings. The van der Waals surface area contributed by atoms with Crippen molar-refractivity contribution in [2.45, 2.75) is 172 Å². The molecule has 30 heteroatoms. The van der Waals surface area contributed by atoms with Crippen molar-refractivity contribution in [2.75, 3.05) is 32.9 Å². The lowest BCUT2D eigenvalue weighted by molar-refractivity contribution is -0.173. The maximum atomic E-state index is 13.7. The molecule has 1 rings (SSSR count). The van der Waals surface area contributed by atoms with Gasteiger partial charge in [0.1, 0.15) is 48.0 Å². The number of hydrogen-bond acceptors (Lipinski definition) is 18. The van der Waals surface area contributed by atoms with E-state index in [1.165, 1.54) is 13.3 Å². The van der Waals surface area contributed by atoms with Crippen LogP contribution in [0, 0.1) is 0 Å². The van der Waals surface area contributed by atoms with Gasteiger partial charge in [-0.25, -0.2) is 14.9 Å².